The van der Waals surface area contributed by atoms with Crippen molar-refractivity contribution in [1.82, 2.24) is 10.2 Å². The fraction of sp³-hybridized carbons (Fsp3) is 0.812. The molecule has 1 heterocycles. The van der Waals surface area contributed by atoms with E-state index in [-0.39, 0.29) is 17.9 Å². The number of nitrogens with zero attached hydrogens (tertiary/aromatic N) is 1. The van der Waals surface area contributed by atoms with Crippen LogP contribution in [0.5, 0.6) is 0 Å². The Hall–Kier alpha value is -1.99. The number of piperidine rings is 1. The van der Waals surface area contributed by atoms with Crippen molar-refractivity contribution >= 4 is 18.2 Å². The summed E-state index contributed by atoms with van der Waals surface area (Å²) in [5.74, 6) is -0.145. The van der Waals surface area contributed by atoms with Crippen molar-refractivity contribution in [2.24, 2.45) is 5.92 Å². The van der Waals surface area contributed by atoms with Crippen LogP contribution in [0, 0.1) is 5.92 Å². The molecule has 24 heavy (non-hydrogen) atoms. The predicted molar refractivity (Wildman–Crippen MR) is 87.0 cm³/mol. The molecule has 138 valence electrons. The van der Waals surface area contributed by atoms with Gasteiger partial charge in [-0.2, -0.15) is 0 Å². The number of esters is 1. The van der Waals surface area contributed by atoms with Crippen molar-refractivity contribution in [1.29, 1.82) is 0 Å². The Morgan fingerprint density at radius 2 is 1.58 bits per heavy atom. The summed E-state index contributed by atoms with van der Waals surface area (Å²) in [5, 5.41) is 17.1. The van der Waals surface area contributed by atoms with Crippen molar-refractivity contribution in [3.63, 3.8) is 0 Å². The van der Waals surface area contributed by atoms with Gasteiger partial charge in [0, 0.05) is 19.1 Å². The van der Waals surface area contributed by atoms with Gasteiger partial charge in [0.1, 0.15) is 0 Å². The Morgan fingerprint density at radius 3 is 2.08 bits per heavy atom. The molecule has 0 spiro atoms. The highest BCUT2D eigenvalue weighted by atomic mass is 16.6. The van der Waals surface area contributed by atoms with Gasteiger partial charge in [0.15, 0.2) is 0 Å². The SMILES string of the molecule is CCOC(=O)C1CCN(C(=O)NC2CCCCC2)CC1.O=C(O)O. The molecule has 1 aliphatic carbocycles. The average Bonchev–Trinajstić information content (AvgIpc) is 2.55. The number of carboxylic acid groups (broad SMARTS) is 2. The highest BCUT2D eigenvalue weighted by Gasteiger charge is 2.29. The third-order valence-corrected chi connectivity index (χ3v) is 4.33. The first-order valence-corrected chi connectivity index (χ1v) is 8.58. The number of urea groups is 1. The third-order valence-electron chi connectivity index (χ3n) is 4.33. The second kappa shape index (κ2) is 10.7. The molecule has 0 atom stereocenters. The second-order valence-corrected chi connectivity index (χ2v) is 6.08. The molecule has 2 amide bonds. The van der Waals surface area contributed by atoms with E-state index in [1.54, 1.807) is 0 Å². The van der Waals surface area contributed by atoms with Gasteiger partial charge in [-0.15, -0.1) is 0 Å². The molecule has 2 fully saturated rings. The molecule has 2 aliphatic rings. The van der Waals surface area contributed by atoms with Crippen LogP contribution in [-0.2, 0) is 9.53 Å². The van der Waals surface area contributed by atoms with Crippen molar-refractivity contribution in [3.05, 3.63) is 0 Å². The van der Waals surface area contributed by atoms with E-state index in [0.29, 0.717) is 25.7 Å². The van der Waals surface area contributed by atoms with E-state index in [2.05, 4.69) is 5.32 Å². The Morgan fingerprint density at radius 1 is 1.04 bits per heavy atom. The van der Waals surface area contributed by atoms with Gasteiger partial charge in [-0.3, -0.25) is 4.79 Å². The molecule has 0 aromatic carbocycles. The lowest BCUT2D eigenvalue weighted by Crippen LogP contribution is -2.49. The highest BCUT2D eigenvalue weighted by Crippen LogP contribution is 2.20. The average molecular weight is 344 g/mol. The zero-order chi connectivity index (χ0) is 17.9. The minimum atomic E-state index is -1.83. The number of likely N-dealkylation sites (tertiary alicyclic amines) is 1. The van der Waals surface area contributed by atoms with Gasteiger partial charge in [-0.1, -0.05) is 19.3 Å². The number of carbonyl (C=O) groups excluding carboxylic acids is 2. The number of rotatable bonds is 3. The Bertz CT molecular complexity index is 411. The van der Waals surface area contributed by atoms with Crippen LogP contribution >= 0.6 is 0 Å². The second-order valence-electron chi connectivity index (χ2n) is 6.08. The zero-order valence-electron chi connectivity index (χ0n) is 14.2. The molecule has 3 N–H and O–H groups in total. The number of hydrogen-bond acceptors (Lipinski definition) is 4. The lowest BCUT2D eigenvalue weighted by molar-refractivity contribution is -0.149. The number of amides is 2. The molecule has 1 aliphatic heterocycles. The van der Waals surface area contributed by atoms with Gasteiger partial charge in [-0.05, 0) is 32.6 Å². The molecule has 8 heteroatoms. The maximum absolute atomic E-state index is 12.2. The molecule has 8 nitrogen and oxygen atoms in total. The molecule has 0 radical (unpaired) electrons. The molecule has 0 unspecified atom stereocenters. The molecule has 0 aromatic heterocycles. The summed E-state index contributed by atoms with van der Waals surface area (Å²) in [6, 6.07) is 0.387. The number of hydrogen-bond donors (Lipinski definition) is 3. The predicted octanol–water partition coefficient (Wildman–Crippen LogP) is 2.53. The van der Waals surface area contributed by atoms with Crippen LogP contribution in [0.15, 0.2) is 0 Å². The Balaban J connectivity index is 0.000000648. The van der Waals surface area contributed by atoms with E-state index in [4.69, 9.17) is 19.7 Å². The molecule has 0 aromatic rings. The smallest absolute Gasteiger partial charge is 0.466 e. The van der Waals surface area contributed by atoms with Crippen molar-refractivity contribution in [2.45, 2.75) is 57.9 Å². The Kier molecular flexibility index (Phi) is 8.96. The molecular formula is C16H28N2O6. The van der Waals surface area contributed by atoms with Crippen LogP contribution in [0.25, 0.3) is 0 Å². The van der Waals surface area contributed by atoms with Gasteiger partial charge in [-0.25, -0.2) is 9.59 Å². The summed E-state index contributed by atoms with van der Waals surface area (Å²) < 4.78 is 5.04. The topological polar surface area (TPSA) is 116 Å². The van der Waals surface area contributed by atoms with Gasteiger partial charge in [0.25, 0.3) is 0 Å². The van der Waals surface area contributed by atoms with E-state index in [9.17, 15) is 9.59 Å². The molecule has 0 bridgehead atoms. The van der Waals surface area contributed by atoms with Gasteiger partial charge >= 0.3 is 18.2 Å². The normalized spacial score (nSPS) is 19.0. The summed E-state index contributed by atoms with van der Waals surface area (Å²) in [6.07, 6.45) is 5.53. The van der Waals surface area contributed by atoms with E-state index in [0.717, 1.165) is 25.7 Å². The maximum atomic E-state index is 12.2. The summed E-state index contributed by atoms with van der Waals surface area (Å²) in [5.41, 5.74) is 0. The number of ether oxygens (including phenoxy) is 1. The van der Waals surface area contributed by atoms with E-state index in [1.807, 2.05) is 11.8 Å². The maximum Gasteiger partial charge on any atom is 0.503 e. The van der Waals surface area contributed by atoms with Crippen LogP contribution in [0.4, 0.5) is 9.59 Å². The molecule has 2 rings (SSSR count). The summed E-state index contributed by atoms with van der Waals surface area (Å²) >= 11 is 0. The quantitative estimate of drug-likeness (QED) is 0.677. The summed E-state index contributed by atoms with van der Waals surface area (Å²) in [4.78, 5) is 34.2. The minimum absolute atomic E-state index is 0.0336. The fourth-order valence-electron chi connectivity index (χ4n) is 3.09. The first kappa shape index (κ1) is 20.1. The number of nitrogens with one attached hydrogen (secondary N) is 1. The van der Waals surface area contributed by atoms with Crippen molar-refractivity contribution in [3.8, 4) is 0 Å². The van der Waals surface area contributed by atoms with Crippen LogP contribution < -0.4 is 5.32 Å². The molecular weight excluding hydrogens is 316 g/mol. The standard InChI is InChI=1S/C15H26N2O3.CH2O3/c1-2-20-14(18)12-8-10-17(11-9-12)15(19)16-13-6-4-3-5-7-13;2-1(3)4/h12-13H,2-11H2,1H3,(H,16,19);(H2,2,3,4). The highest BCUT2D eigenvalue weighted by molar-refractivity contribution is 5.76. The van der Waals surface area contributed by atoms with Crippen molar-refractivity contribution < 1.29 is 29.3 Å². The third kappa shape index (κ3) is 7.52. The van der Waals surface area contributed by atoms with Crippen LogP contribution in [0.1, 0.15) is 51.9 Å². The lowest BCUT2D eigenvalue weighted by atomic mass is 9.95. The first-order valence-electron chi connectivity index (χ1n) is 8.58. The van der Waals surface area contributed by atoms with E-state index >= 15 is 0 Å². The van der Waals surface area contributed by atoms with Crippen LogP contribution in [0.3, 0.4) is 0 Å². The van der Waals surface area contributed by atoms with Crippen LogP contribution in [0.2, 0.25) is 0 Å². The monoisotopic (exact) mass is 344 g/mol. The lowest BCUT2D eigenvalue weighted by Gasteiger charge is -2.33. The largest absolute Gasteiger partial charge is 0.503 e. The van der Waals surface area contributed by atoms with Crippen molar-refractivity contribution in [2.75, 3.05) is 19.7 Å². The van der Waals surface area contributed by atoms with Gasteiger partial charge in [0.05, 0.1) is 12.5 Å². The molecule has 1 saturated carbocycles. The zero-order valence-corrected chi connectivity index (χ0v) is 14.2. The fourth-order valence-corrected chi connectivity index (χ4v) is 3.09. The molecule has 1 saturated heterocycles. The Labute approximate surface area is 142 Å². The summed E-state index contributed by atoms with van der Waals surface area (Å²) in [6.45, 7) is 3.57. The first-order chi connectivity index (χ1) is 11.4. The summed E-state index contributed by atoms with van der Waals surface area (Å²) in [7, 11) is 0. The van der Waals surface area contributed by atoms with Gasteiger partial charge < -0.3 is 25.2 Å². The minimum Gasteiger partial charge on any atom is -0.466 e. The van der Waals surface area contributed by atoms with E-state index < -0.39 is 6.16 Å². The van der Waals surface area contributed by atoms with Gasteiger partial charge in [0.2, 0.25) is 0 Å². The van der Waals surface area contributed by atoms with Crippen LogP contribution in [-0.4, -0.2) is 59.0 Å². The van der Waals surface area contributed by atoms with E-state index in [1.165, 1.54) is 19.3 Å². The number of carbonyl (C=O) groups is 3.